The summed E-state index contributed by atoms with van der Waals surface area (Å²) in [4.78, 5) is 12.8. The van der Waals surface area contributed by atoms with Crippen LogP contribution in [0, 0.1) is 5.82 Å². The second kappa shape index (κ2) is 7.41. The van der Waals surface area contributed by atoms with Crippen LogP contribution in [0.1, 0.15) is 10.4 Å². The zero-order valence-corrected chi connectivity index (χ0v) is 11.6. The average Bonchev–Trinajstić information content (AvgIpc) is 2.44. The number of carbonyl (C=O) groups excluding carboxylic acids is 1. The number of amides is 1. The molecule has 0 aliphatic rings. The number of aliphatic hydroxyl groups excluding tert-OH is 1. The fourth-order valence-corrected chi connectivity index (χ4v) is 1.61. The van der Waals surface area contributed by atoms with E-state index < -0.39 is 36.3 Å². The maximum atomic E-state index is 13.2. The highest BCUT2D eigenvalue weighted by atomic mass is 19.4. The topological polar surface area (TPSA) is 70.0 Å². The van der Waals surface area contributed by atoms with Gasteiger partial charge in [0, 0.05) is 19.2 Å². The van der Waals surface area contributed by atoms with Crippen LogP contribution in [-0.4, -0.2) is 60.1 Å². The number of rotatable bonds is 6. The third-order valence-electron chi connectivity index (χ3n) is 2.82. The van der Waals surface area contributed by atoms with Crippen LogP contribution in [0.4, 0.5) is 17.6 Å². The van der Waals surface area contributed by atoms with Crippen LogP contribution in [0.2, 0.25) is 0 Å². The standard InChI is InChI=1S/C13H15F4NO4/c1-22-5-4-18(7-11(20)13(15,16)17)12(21)8-2-3-10(19)9(14)6-8/h2-3,6,11,19-20H,4-5,7H2,1H3. The number of phenolic OH excluding ortho intramolecular Hbond substituents is 1. The van der Waals surface area contributed by atoms with Crippen molar-refractivity contribution >= 4 is 5.91 Å². The quantitative estimate of drug-likeness (QED) is 0.779. The molecule has 0 aromatic heterocycles. The number of nitrogens with zero attached hydrogens (tertiary/aromatic N) is 1. The molecular formula is C13H15F4NO4. The van der Waals surface area contributed by atoms with Gasteiger partial charge in [-0.25, -0.2) is 4.39 Å². The van der Waals surface area contributed by atoms with Gasteiger partial charge in [0.25, 0.3) is 5.91 Å². The Kier molecular flexibility index (Phi) is 6.12. The molecule has 0 aliphatic carbocycles. The van der Waals surface area contributed by atoms with Crippen LogP contribution in [-0.2, 0) is 4.74 Å². The molecule has 1 rings (SSSR count). The van der Waals surface area contributed by atoms with Gasteiger partial charge in [-0.2, -0.15) is 13.2 Å². The molecule has 0 aliphatic heterocycles. The van der Waals surface area contributed by atoms with Crippen LogP contribution < -0.4 is 0 Å². The van der Waals surface area contributed by atoms with Gasteiger partial charge in [-0.1, -0.05) is 0 Å². The van der Waals surface area contributed by atoms with E-state index in [1.165, 1.54) is 7.11 Å². The first-order chi connectivity index (χ1) is 10.2. The molecule has 22 heavy (non-hydrogen) atoms. The number of methoxy groups -OCH3 is 1. The summed E-state index contributed by atoms with van der Waals surface area (Å²) < 4.78 is 55.1. The van der Waals surface area contributed by atoms with Gasteiger partial charge in [0.2, 0.25) is 0 Å². The Labute approximate surface area is 123 Å². The van der Waals surface area contributed by atoms with Crippen molar-refractivity contribution in [3.63, 3.8) is 0 Å². The average molecular weight is 325 g/mol. The summed E-state index contributed by atoms with van der Waals surface area (Å²) in [6.07, 6.45) is -7.61. The molecule has 0 saturated heterocycles. The smallest absolute Gasteiger partial charge is 0.416 e. The second-order valence-corrected chi connectivity index (χ2v) is 4.47. The van der Waals surface area contributed by atoms with Crippen molar-refractivity contribution in [2.45, 2.75) is 12.3 Å². The van der Waals surface area contributed by atoms with E-state index in [0.29, 0.717) is 11.0 Å². The normalized spacial score (nSPS) is 13.0. The molecule has 1 unspecified atom stereocenters. The maximum Gasteiger partial charge on any atom is 0.416 e. The second-order valence-electron chi connectivity index (χ2n) is 4.47. The maximum absolute atomic E-state index is 13.2. The third-order valence-corrected chi connectivity index (χ3v) is 2.82. The molecule has 0 saturated carbocycles. The van der Waals surface area contributed by atoms with Crippen LogP contribution >= 0.6 is 0 Å². The number of aliphatic hydroxyl groups is 1. The molecule has 1 atom stereocenters. The van der Waals surface area contributed by atoms with E-state index in [4.69, 9.17) is 14.9 Å². The van der Waals surface area contributed by atoms with E-state index in [2.05, 4.69) is 0 Å². The summed E-state index contributed by atoms with van der Waals surface area (Å²) in [5, 5.41) is 18.1. The Balaban J connectivity index is 2.94. The lowest BCUT2D eigenvalue weighted by molar-refractivity contribution is -0.206. The minimum Gasteiger partial charge on any atom is -0.505 e. The number of aromatic hydroxyl groups is 1. The van der Waals surface area contributed by atoms with Gasteiger partial charge in [-0.05, 0) is 18.2 Å². The molecule has 1 aromatic rings. The zero-order chi connectivity index (χ0) is 16.9. The van der Waals surface area contributed by atoms with Gasteiger partial charge < -0.3 is 19.8 Å². The number of phenols is 1. The van der Waals surface area contributed by atoms with Crippen LogP contribution in [0.3, 0.4) is 0 Å². The molecule has 1 amide bonds. The van der Waals surface area contributed by atoms with Crippen LogP contribution in [0.15, 0.2) is 18.2 Å². The van der Waals surface area contributed by atoms with Crippen molar-refractivity contribution in [2.75, 3.05) is 26.8 Å². The van der Waals surface area contributed by atoms with Crippen LogP contribution in [0.5, 0.6) is 5.75 Å². The minimum atomic E-state index is -4.88. The SMILES string of the molecule is COCCN(CC(O)C(F)(F)F)C(=O)c1ccc(O)c(F)c1. The van der Waals surface area contributed by atoms with Crippen molar-refractivity contribution in [1.82, 2.24) is 4.90 Å². The summed E-state index contributed by atoms with van der Waals surface area (Å²) in [7, 11) is 1.29. The Morgan fingerprint density at radius 2 is 2.05 bits per heavy atom. The highest BCUT2D eigenvalue weighted by Crippen LogP contribution is 2.22. The lowest BCUT2D eigenvalue weighted by atomic mass is 10.1. The Hall–Kier alpha value is -1.87. The molecule has 0 spiro atoms. The molecule has 124 valence electrons. The number of hydrogen-bond acceptors (Lipinski definition) is 4. The van der Waals surface area contributed by atoms with Gasteiger partial charge in [-0.15, -0.1) is 0 Å². The molecule has 0 radical (unpaired) electrons. The Morgan fingerprint density at radius 1 is 1.41 bits per heavy atom. The predicted molar refractivity (Wildman–Crippen MR) is 67.9 cm³/mol. The summed E-state index contributed by atoms with van der Waals surface area (Å²) in [5.74, 6) is -2.68. The number of hydrogen-bond donors (Lipinski definition) is 2. The molecule has 2 N–H and O–H groups in total. The van der Waals surface area contributed by atoms with Gasteiger partial charge in [0.15, 0.2) is 17.7 Å². The fourth-order valence-electron chi connectivity index (χ4n) is 1.61. The number of alkyl halides is 3. The van der Waals surface area contributed by atoms with Crippen LogP contribution in [0.25, 0.3) is 0 Å². The van der Waals surface area contributed by atoms with Gasteiger partial charge in [-0.3, -0.25) is 4.79 Å². The van der Waals surface area contributed by atoms with Crippen molar-refractivity contribution in [3.05, 3.63) is 29.6 Å². The third kappa shape index (κ3) is 4.85. The number of carbonyl (C=O) groups is 1. The molecule has 1 aromatic carbocycles. The summed E-state index contributed by atoms with van der Waals surface area (Å²) >= 11 is 0. The van der Waals surface area contributed by atoms with Gasteiger partial charge >= 0.3 is 6.18 Å². The van der Waals surface area contributed by atoms with Crippen molar-refractivity contribution in [2.24, 2.45) is 0 Å². The molecule has 9 heteroatoms. The predicted octanol–water partition coefficient (Wildman–Crippen LogP) is 1.54. The van der Waals surface area contributed by atoms with E-state index in [0.717, 1.165) is 12.1 Å². The minimum absolute atomic E-state index is 0.0586. The first-order valence-corrected chi connectivity index (χ1v) is 6.18. The summed E-state index contributed by atoms with van der Waals surface area (Å²) in [5.41, 5.74) is -0.249. The zero-order valence-electron chi connectivity index (χ0n) is 11.6. The Bertz CT molecular complexity index is 521. The first kappa shape index (κ1) is 18.2. The number of halogens is 4. The monoisotopic (exact) mass is 325 g/mol. The fraction of sp³-hybridized carbons (Fsp3) is 0.462. The lowest BCUT2D eigenvalue weighted by Crippen LogP contribution is -2.45. The highest BCUT2D eigenvalue weighted by Gasteiger charge is 2.40. The van der Waals surface area contributed by atoms with E-state index in [1.807, 2.05) is 0 Å². The molecular weight excluding hydrogens is 310 g/mol. The van der Waals surface area contributed by atoms with E-state index in [-0.39, 0.29) is 18.7 Å². The lowest BCUT2D eigenvalue weighted by Gasteiger charge is -2.26. The van der Waals surface area contributed by atoms with Crippen molar-refractivity contribution in [1.29, 1.82) is 0 Å². The van der Waals surface area contributed by atoms with Crippen molar-refractivity contribution < 1.29 is 37.3 Å². The molecule has 0 bridgehead atoms. The van der Waals surface area contributed by atoms with Crippen molar-refractivity contribution in [3.8, 4) is 5.75 Å². The number of ether oxygens (including phenoxy) is 1. The van der Waals surface area contributed by atoms with Gasteiger partial charge in [0.05, 0.1) is 13.2 Å². The summed E-state index contributed by atoms with van der Waals surface area (Å²) in [6, 6.07) is 2.69. The largest absolute Gasteiger partial charge is 0.505 e. The Morgan fingerprint density at radius 3 is 2.55 bits per heavy atom. The van der Waals surface area contributed by atoms with Gasteiger partial charge in [0.1, 0.15) is 0 Å². The molecule has 0 heterocycles. The summed E-state index contributed by atoms with van der Waals surface area (Å²) in [6.45, 7) is -1.28. The molecule has 5 nitrogen and oxygen atoms in total. The first-order valence-electron chi connectivity index (χ1n) is 6.18. The molecule has 0 fully saturated rings. The number of benzene rings is 1. The van der Waals surface area contributed by atoms with E-state index >= 15 is 0 Å². The van der Waals surface area contributed by atoms with E-state index in [1.54, 1.807) is 0 Å². The van der Waals surface area contributed by atoms with E-state index in [9.17, 15) is 22.4 Å². The highest BCUT2D eigenvalue weighted by molar-refractivity contribution is 5.94.